The van der Waals surface area contributed by atoms with Crippen LogP contribution in [0.1, 0.15) is 26.7 Å². The first-order valence-corrected chi connectivity index (χ1v) is 6.54. The number of aliphatic carboxylic acids is 1. The molecule has 1 aromatic carbocycles. The highest BCUT2D eigenvalue weighted by atomic mass is 16.5. The molecule has 20 heavy (non-hydrogen) atoms. The van der Waals surface area contributed by atoms with Gasteiger partial charge in [-0.1, -0.05) is 12.1 Å². The SMILES string of the molecule is CCOc1ccccc1NC(=O)NC(C)CCC(=O)O. The highest BCUT2D eigenvalue weighted by molar-refractivity contribution is 5.91. The van der Waals surface area contributed by atoms with E-state index in [1.165, 1.54) is 0 Å². The number of ether oxygens (including phenoxy) is 1. The van der Waals surface area contributed by atoms with E-state index in [1.807, 2.05) is 13.0 Å². The van der Waals surface area contributed by atoms with Gasteiger partial charge < -0.3 is 20.5 Å². The zero-order valence-electron chi connectivity index (χ0n) is 11.7. The van der Waals surface area contributed by atoms with Gasteiger partial charge >= 0.3 is 12.0 Å². The van der Waals surface area contributed by atoms with Crippen LogP contribution in [0, 0.1) is 0 Å². The van der Waals surface area contributed by atoms with E-state index in [2.05, 4.69) is 10.6 Å². The van der Waals surface area contributed by atoms with Gasteiger partial charge in [0.05, 0.1) is 12.3 Å². The van der Waals surface area contributed by atoms with Crippen LogP contribution in [0.4, 0.5) is 10.5 Å². The summed E-state index contributed by atoms with van der Waals surface area (Å²) in [6, 6.07) is 6.54. The number of carbonyl (C=O) groups excluding carboxylic acids is 1. The zero-order valence-corrected chi connectivity index (χ0v) is 11.7. The molecule has 1 atom stereocenters. The van der Waals surface area contributed by atoms with Gasteiger partial charge in [-0.2, -0.15) is 0 Å². The van der Waals surface area contributed by atoms with Crippen molar-refractivity contribution >= 4 is 17.7 Å². The molecule has 0 aromatic heterocycles. The maximum Gasteiger partial charge on any atom is 0.319 e. The highest BCUT2D eigenvalue weighted by Crippen LogP contribution is 2.23. The van der Waals surface area contributed by atoms with Crippen LogP contribution >= 0.6 is 0 Å². The Morgan fingerprint density at radius 2 is 2.05 bits per heavy atom. The molecule has 0 radical (unpaired) electrons. The highest BCUT2D eigenvalue weighted by Gasteiger charge is 2.11. The van der Waals surface area contributed by atoms with E-state index >= 15 is 0 Å². The van der Waals surface area contributed by atoms with E-state index in [4.69, 9.17) is 9.84 Å². The van der Waals surface area contributed by atoms with E-state index in [1.54, 1.807) is 25.1 Å². The summed E-state index contributed by atoms with van der Waals surface area (Å²) in [5.74, 6) is -0.274. The average molecular weight is 280 g/mol. The average Bonchev–Trinajstić information content (AvgIpc) is 2.39. The van der Waals surface area contributed by atoms with Crippen molar-refractivity contribution in [2.75, 3.05) is 11.9 Å². The van der Waals surface area contributed by atoms with Crippen molar-refractivity contribution in [2.45, 2.75) is 32.7 Å². The van der Waals surface area contributed by atoms with Crippen LogP contribution in [0.15, 0.2) is 24.3 Å². The van der Waals surface area contributed by atoms with Crippen LogP contribution in [0.3, 0.4) is 0 Å². The molecule has 110 valence electrons. The molecule has 1 aromatic rings. The van der Waals surface area contributed by atoms with Crippen molar-refractivity contribution in [1.82, 2.24) is 5.32 Å². The van der Waals surface area contributed by atoms with Gasteiger partial charge in [-0.05, 0) is 32.4 Å². The molecule has 0 spiro atoms. The topological polar surface area (TPSA) is 87.7 Å². The number of carbonyl (C=O) groups is 2. The van der Waals surface area contributed by atoms with Gasteiger partial charge in [0.2, 0.25) is 0 Å². The summed E-state index contributed by atoms with van der Waals surface area (Å²) in [4.78, 5) is 22.3. The van der Waals surface area contributed by atoms with E-state index in [-0.39, 0.29) is 18.5 Å². The Morgan fingerprint density at radius 1 is 1.35 bits per heavy atom. The first-order chi connectivity index (χ1) is 9.52. The second-order valence-corrected chi connectivity index (χ2v) is 4.36. The summed E-state index contributed by atoms with van der Waals surface area (Å²) in [5.41, 5.74) is 0.581. The second-order valence-electron chi connectivity index (χ2n) is 4.36. The Balaban J connectivity index is 2.51. The molecule has 3 N–H and O–H groups in total. The van der Waals surface area contributed by atoms with E-state index in [9.17, 15) is 9.59 Å². The number of para-hydroxylation sites is 2. The monoisotopic (exact) mass is 280 g/mol. The molecule has 0 saturated heterocycles. The molecule has 0 heterocycles. The molecule has 0 fully saturated rings. The number of amides is 2. The summed E-state index contributed by atoms with van der Waals surface area (Å²) in [5, 5.41) is 14.0. The Bertz CT molecular complexity index is 462. The molecule has 0 bridgehead atoms. The zero-order chi connectivity index (χ0) is 15.0. The van der Waals surface area contributed by atoms with Crippen molar-refractivity contribution in [1.29, 1.82) is 0 Å². The van der Waals surface area contributed by atoms with Gasteiger partial charge in [0.1, 0.15) is 5.75 Å². The van der Waals surface area contributed by atoms with Crippen LogP contribution in [-0.2, 0) is 4.79 Å². The first kappa shape index (κ1) is 15.8. The minimum Gasteiger partial charge on any atom is -0.492 e. The smallest absolute Gasteiger partial charge is 0.319 e. The number of rotatable bonds is 7. The lowest BCUT2D eigenvalue weighted by Crippen LogP contribution is -2.36. The molecular formula is C14H20N2O4. The molecule has 6 nitrogen and oxygen atoms in total. The third-order valence-electron chi connectivity index (χ3n) is 2.60. The molecule has 0 aliphatic rings. The normalized spacial score (nSPS) is 11.5. The lowest BCUT2D eigenvalue weighted by molar-refractivity contribution is -0.137. The predicted octanol–water partition coefficient (Wildman–Crippen LogP) is 2.46. The van der Waals surface area contributed by atoms with Gasteiger partial charge in [-0.3, -0.25) is 4.79 Å². The molecular weight excluding hydrogens is 260 g/mol. The number of carboxylic acids is 1. The third kappa shape index (κ3) is 5.60. The maximum atomic E-state index is 11.8. The quantitative estimate of drug-likeness (QED) is 0.716. The van der Waals surface area contributed by atoms with Crippen LogP contribution in [0.2, 0.25) is 0 Å². The third-order valence-corrected chi connectivity index (χ3v) is 2.60. The molecule has 6 heteroatoms. The Morgan fingerprint density at radius 3 is 2.70 bits per heavy atom. The number of nitrogens with one attached hydrogen (secondary N) is 2. The van der Waals surface area contributed by atoms with Crippen LogP contribution in [0.5, 0.6) is 5.75 Å². The van der Waals surface area contributed by atoms with Crippen molar-refractivity contribution in [3.05, 3.63) is 24.3 Å². The van der Waals surface area contributed by atoms with E-state index in [0.717, 1.165) is 0 Å². The van der Waals surface area contributed by atoms with Crippen LogP contribution in [0.25, 0.3) is 0 Å². The molecule has 0 saturated carbocycles. The molecule has 2 amide bonds. The van der Waals surface area contributed by atoms with Gasteiger partial charge in [0.25, 0.3) is 0 Å². The van der Waals surface area contributed by atoms with Gasteiger partial charge in [0, 0.05) is 12.5 Å². The standard InChI is InChI=1S/C14H20N2O4/c1-3-20-12-7-5-4-6-11(12)16-14(19)15-10(2)8-9-13(17)18/h4-7,10H,3,8-9H2,1-2H3,(H,17,18)(H2,15,16,19). The summed E-state index contributed by atoms with van der Waals surface area (Å²) >= 11 is 0. The number of benzene rings is 1. The number of hydrogen-bond donors (Lipinski definition) is 3. The maximum absolute atomic E-state index is 11.8. The number of carboxylic acid groups (broad SMARTS) is 1. The Labute approximate surface area is 118 Å². The van der Waals surface area contributed by atoms with Gasteiger partial charge in [0.15, 0.2) is 0 Å². The summed E-state index contributed by atoms with van der Waals surface area (Å²) in [7, 11) is 0. The summed E-state index contributed by atoms with van der Waals surface area (Å²) in [6.07, 6.45) is 0.410. The fourth-order valence-electron chi connectivity index (χ4n) is 1.65. The Kier molecular flexibility index (Phi) is 6.36. The lowest BCUT2D eigenvalue weighted by Gasteiger charge is -2.15. The minimum atomic E-state index is -0.874. The van der Waals surface area contributed by atoms with Crippen molar-refractivity contribution < 1.29 is 19.4 Å². The van der Waals surface area contributed by atoms with Crippen LogP contribution in [-0.4, -0.2) is 29.8 Å². The van der Waals surface area contributed by atoms with Crippen molar-refractivity contribution in [3.8, 4) is 5.75 Å². The number of hydrogen-bond acceptors (Lipinski definition) is 3. The molecule has 1 unspecified atom stereocenters. The lowest BCUT2D eigenvalue weighted by atomic mass is 10.2. The van der Waals surface area contributed by atoms with E-state index < -0.39 is 5.97 Å². The largest absolute Gasteiger partial charge is 0.492 e. The number of urea groups is 1. The van der Waals surface area contributed by atoms with Crippen molar-refractivity contribution in [2.24, 2.45) is 0 Å². The number of anilines is 1. The summed E-state index contributed by atoms with van der Waals surface area (Å²) < 4.78 is 5.40. The van der Waals surface area contributed by atoms with Crippen molar-refractivity contribution in [3.63, 3.8) is 0 Å². The second kappa shape index (κ2) is 8.04. The first-order valence-electron chi connectivity index (χ1n) is 6.54. The molecule has 1 rings (SSSR count). The summed E-state index contributed by atoms with van der Waals surface area (Å²) in [6.45, 7) is 4.14. The fraction of sp³-hybridized carbons (Fsp3) is 0.429. The van der Waals surface area contributed by atoms with Gasteiger partial charge in [-0.25, -0.2) is 4.79 Å². The van der Waals surface area contributed by atoms with Crippen LogP contribution < -0.4 is 15.4 Å². The molecule has 0 aliphatic carbocycles. The van der Waals surface area contributed by atoms with Gasteiger partial charge in [-0.15, -0.1) is 0 Å². The Hall–Kier alpha value is -2.24. The molecule has 0 aliphatic heterocycles. The fourth-order valence-corrected chi connectivity index (χ4v) is 1.65. The minimum absolute atomic E-state index is 0.0248. The predicted molar refractivity (Wildman–Crippen MR) is 76.1 cm³/mol. The van der Waals surface area contributed by atoms with E-state index in [0.29, 0.717) is 24.5 Å².